The topological polar surface area (TPSA) is 22.2 Å². The molecule has 120 valence electrons. The molecule has 0 unspecified atom stereocenters. The van der Waals surface area contributed by atoms with Crippen molar-refractivity contribution in [1.82, 2.24) is 14.0 Å². The van der Waals surface area contributed by atoms with Crippen LogP contribution in [0.5, 0.6) is 0 Å². The van der Waals surface area contributed by atoms with E-state index in [0.29, 0.717) is 0 Å². The maximum absolute atomic E-state index is 5.44. The quantitative estimate of drug-likeness (QED) is 0.387. The van der Waals surface area contributed by atoms with Crippen molar-refractivity contribution < 1.29 is 0 Å². The predicted octanol–water partition coefficient (Wildman–Crippen LogP) is 5.15. The first-order valence-electron chi connectivity index (χ1n) is 8.11. The molecule has 0 radical (unpaired) electrons. The highest BCUT2D eigenvalue weighted by atomic mass is 32.1. The lowest BCUT2D eigenvalue weighted by Gasteiger charge is -2.01. The normalized spacial score (nSPS) is 12.2. The summed E-state index contributed by atoms with van der Waals surface area (Å²) in [4.78, 5) is 6.11. The van der Waals surface area contributed by atoms with E-state index in [0.717, 1.165) is 16.8 Å². The summed E-state index contributed by atoms with van der Waals surface area (Å²) < 4.78 is 5.71. The van der Waals surface area contributed by atoms with Gasteiger partial charge in [0.1, 0.15) is 0 Å². The van der Waals surface area contributed by atoms with Gasteiger partial charge in [-0.2, -0.15) is 0 Å². The summed E-state index contributed by atoms with van der Waals surface area (Å²) in [6.45, 7) is 2.15. The maximum atomic E-state index is 5.44. The molecule has 25 heavy (non-hydrogen) atoms. The number of thiophene rings is 1. The summed E-state index contributed by atoms with van der Waals surface area (Å²) in [5.41, 5.74) is 5.73. The minimum atomic E-state index is 0.958. The summed E-state index contributed by atoms with van der Waals surface area (Å²) >= 11 is 1.81. The Balaban J connectivity index is 2.05. The number of para-hydroxylation sites is 2. The van der Waals surface area contributed by atoms with E-state index in [-0.39, 0.29) is 0 Å². The van der Waals surface area contributed by atoms with Crippen LogP contribution in [-0.4, -0.2) is 14.0 Å². The molecule has 0 amide bonds. The smallest absolute Gasteiger partial charge is 0.215 e. The van der Waals surface area contributed by atoms with Gasteiger partial charge in [0.25, 0.3) is 0 Å². The number of benzene rings is 2. The number of aryl methyl sites for hydroxylation is 2. The van der Waals surface area contributed by atoms with Gasteiger partial charge in [0.2, 0.25) is 5.78 Å². The van der Waals surface area contributed by atoms with Crippen LogP contribution in [-0.2, 0) is 7.05 Å². The molecule has 2 aromatic carbocycles. The summed E-state index contributed by atoms with van der Waals surface area (Å²) in [5, 5.41) is 1.25. The average Bonchev–Trinajstić information content (AvgIpc) is 3.23. The van der Waals surface area contributed by atoms with Gasteiger partial charge >= 0.3 is 0 Å². The SMILES string of the molecule is C#C/C=C\c1c(C)sc2ccc3c(c12)n(C)c1nc2ccccc2n31. The van der Waals surface area contributed by atoms with Crippen molar-refractivity contribution in [2.45, 2.75) is 6.92 Å². The molecule has 0 spiro atoms. The molecule has 0 bridgehead atoms. The lowest BCUT2D eigenvalue weighted by Crippen LogP contribution is -1.89. The molecule has 0 aliphatic carbocycles. The Morgan fingerprint density at radius 1 is 1.16 bits per heavy atom. The van der Waals surface area contributed by atoms with Crippen LogP contribution < -0.4 is 0 Å². The Morgan fingerprint density at radius 2 is 2.00 bits per heavy atom. The molecule has 0 atom stereocenters. The molecule has 0 N–H and O–H groups in total. The van der Waals surface area contributed by atoms with E-state index in [1.807, 2.05) is 12.1 Å². The minimum Gasteiger partial charge on any atom is -0.312 e. The molecular weight excluding hydrogens is 326 g/mol. The number of terminal acetylenes is 1. The van der Waals surface area contributed by atoms with Gasteiger partial charge in [0.15, 0.2) is 0 Å². The second kappa shape index (κ2) is 4.98. The molecule has 0 saturated heterocycles. The molecule has 0 fully saturated rings. The van der Waals surface area contributed by atoms with Crippen molar-refractivity contribution in [3.63, 3.8) is 0 Å². The molecule has 0 aliphatic heterocycles. The van der Waals surface area contributed by atoms with Gasteiger partial charge in [-0.1, -0.05) is 18.1 Å². The molecule has 4 heteroatoms. The minimum absolute atomic E-state index is 0.958. The standard InChI is InChI=1S/C21H15N3S/c1-4-5-8-14-13(2)25-18-12-11-17-20(19(14)18)23(3)21-22-15-9-6-7-10-16(15)24(17)21/h1,5-12H,2-3H3/b8-5-. The molecule has 3 heterocycles. The van der Waals surface area contributed by atoms with Crippen molar-refractivity contribution in [3.05, 3.63) is 52.9 Å². The number of nitrogens with zero attached hydrogens (tertiary/aromatic N) is 3. The van der Waals surface area contributed by atoms with E-state index >= 15 is 0 Å². The van der Waals surface area contributed by atoms with Crippen molar-refractivity contribution in [2.75, 3.05) is 0 Å². The number of imidazole rings is 2. The number of aromatic nitrogens is 3. The van der Waals surface area contributed by atoms with Gasteiger partial charge in [0, 0.05) is 22.0 Å². The van der Waals surface area contributed by atoms with Crippen LogP contribution >= 0.6 is 11.3 Å². The highest BCUT2D eigenvalue weighted by molar-refractivity contribution is 7.19. The first kappa shape index (κ1) is 14.3. The molecule has 5 rings (SSSR count). The van der Waals surface area contributed by atoms with Crippen LogP contribution in [0.4, 0.5) is 0 Å². The van der Waals surface area contributed by atoms with Gasteiger partial charge in [-0.25, -0.2) is 4.98 Å². The Labute approximate surface area is 148 Å². The van der Waals surface area contributed by atoms with Crippen molar-refractivity contribution >= 4 is 55.3 Å². The van der Waals surface area contributed by atoms with E-state index in [2.05, 4.69) is 59.2 Å². The zero-order chi connectivity index (χ0) is 17.1. The van der Waals surface area contributed by atoms with E-state index in [9.17, 15) is 0 Å². The third-order valence-corrected chi connectivity index (χ3v) is 5.88. The summed E-state index contributed by atoms with van der Waals surface area (Å²) in [6.07, 6.45) is 9.25. The molecule has 0 saturated carbocycles. The van der Waals surface area contributed by atoms with E-state index in [4.69, 9.17) is 11.4 Å². The molecule has 3 nitrogen and oxygen atoms in total. The highest BCUT2D eigenvalue weighted by Gasteiger charge is 2.18. The van der Waals surface area contributed by atoms with Crippen LogP contribution in [0.2, 0.25) is 0 Å². The van der Waals surface area contributed by atoms with Crippen molar-refractivity contribution in [2.24, 2.45) is 7.05 Å². The predicted molar refractivity (Wildman–Crippen MR) is 107 cm³/mol. The van der Waals surface area contributed by atoms with Crippen LogP contribution in [0.15, 0.2) is 42.5 Å². The Hall–Kier alpha value is -3.03. The molecule has 3 aromatic heterocycles. The summed E-state index contributed by atoms with van der Waals surface area (Å²) in [6, 6.07) is 12.7. The number of allylic oxidation sites excluding steroid dienone is 1. The van der Waals surface area contributed by atoms with Gasteiger partial charge in [-0.3, -0.25) is 4.40 Å². The van der Waals surface area contributed by atoms with E-state index in [1.165, 1.54) is 31.6 Å². The second-order valence-electron chi connectivity index (χ2n) is 6.17. The van der Waals surface area contributed by atoms with Gasteiger partial charge in [-0.05, 0) is 48.9 Å². The van der Waals surface area contributed by atoms with Crippen molar-refractivity contribution in [1.29, 1.82) is 0 Å². The van der Waals surface area contributed by atoms with Crippen LogP contribution in [0.3, 0.4) is 0 Å². The van der Waals surface area contributed by atoms with Crippen molar-refractivity contribution in [3.8, 4) is 12.3 Å². The average molecular weight is 341 g/mol. The fourth-order valence-electron chi connectivity index (χ4n) is 3.73. The first-order valence-corrected chi connectivity index (χ1v) is 8.92. The highest BCUT2D eigenvalue weighted by Crippen LogP contribution is 2.38. The maximum Gasteiger partial charge on any atom is 0.215 e. The molecular formula is C21H15N3S. The summed E-state index contributed by atoms with van der Waals surface area (Å²) in [7, 11) is 2.09. The lowest BCUT2D eigenvalue weighted by atomic mass is 10.1. The number of hydrogen-bond donors (Lipinski definition) is 0. The Morgan fingerprint density at radius 3 is 2.84 bits per heavy atom. The molecule has 5 aromatic rings. The third-order valence-electron chi connectivity index (χ3n) is 4.80. The third kappa shape index (κ3) is 1.79. The van der Waals surface area contributed by atoms with Crippen LogP contribution in [0.1, 0.15) is 10.4 Å². The Kier molecular flexibility index (Phi) is 2.85. The monoisotopic (exact) mass is 341 g/mol. The van der Waals surface area contributed by atoms with E-state index in [1.54, 1.807) is 17.4 Å². The zero-order valence-corrected chi connectivity index (χ0v) is 14.8. The lowest BCUT2D eigenvalue weighted by molar-refractivity contribution is 0.977. The van der Waals surface area contributed by atoms with E-state index < -0.39 is 0 Å². The first-order chi connectivity index (χ1) is 12.2. The van der Waals surface area contributed by atoms with Gasteiger partial charge in [-0.15, -0.1) is 17.8 Å². The number of hydrogen-bond acceptors (Lipinski definition) is 2. The number of fused-ring (bicyclic) bond motifs is 7. The second-order valence-corrected chi connectivity index (χ2v) is 7.43. The van der Waals surface area contributed by atoms with Crippen LogP contribution in [0, 0.1) is 19.3 Å². The molecule has 0 aliphatic rings. The van der Waals surface area contributed by atoms with Gasteiger partial charge in [0.05, 0.1) is 22.1 Å². The zero-order valence-electron chi connectivity index (χ0n) is 13.9. The Bertz CT molecular complexity index is 1370. The van der Waals surface area contributed by atoms with Crippen LogP contribution in [0.25, 0.3) is 44.0 Å². The fraction of sp³-hybridized carbons (Fsp3) is 0.0952. The summed E-state index contributed by atoms with van der Waals surface area (Å²) in [5.74, 6) is 3.56. The fourth-order valence-corrected chi connectivity index (χ4v) is 4.79. The number of rotatable bonds is 1. The van der Waals surface area contributed by atoms with Gasteiger partial charge < -0.3 is 4.57 Å². The largest absolute Gasteiger partial charge is 0.312 e.